The van der Waals surface area contributed by atoms with Crippen LogP contribution >= 0.6 is 0 Å². The second kappa shape index (κ2) is 7.54. The lowest BCUT2D eigenvalue weighted by Gasteiger charge is -2.13. The Hall–Kier alpha value is -2.43. The molecular weight excluding hydrogens is 278 g/mol. The van der Waals surface area contributed by atoms with Gasteiger partial charge in [0.15, 0.2) is 0 Å². The molecule has 5 nitrogen and oxygen atoms in total. The summed E-state index contributed by atoms with van der Waals surface area (Å²) >= 11 is 0. The van der Waals surface area contributed by atoms with Crippen molar-refractivity contribution in [2.24, 2.45) is 0 Å². The Balaban J connectivity index is 2.13. The number of unbranched alkanes of at least 4 members (excludes halogenated alkanes) is 1. The highest BCUT2D eigenvalue weighted by molar-refractivity contribution is 5.94. The first-order valence-corrected chi connectivity index (χ1v) is 7.56. The van der Waals surface area contributed by atoms with Crippen LogP contribution in [0.25, 0.3) is 11.3 Å². The zero-order valence-corrected chi connectivity index (χ0v) is 12.9. The number of carbonyl (C=O) groups is 1. The van der Waals surface area contributed by atoms with Crippen molar-refractivity contribution >= 4 is 5.91 Å². The van der Waals surface area contributed by atoms with Gasteiger partial charge in [-0.1, -0.05) is 19.8 Å². The monoisotopic (exact) mass is 299 g/mol. The molecular formula is C17H21N3O2. The molecule has 0 aromatic carbocycles. The number of aromatic amines is 1. The molecule has 2 heterocycles. The summed E-state index contributed by atoms with van der Waals surface area (Å²) in [6, 6.07) is 6.97. The van der Waals surface area contributed by atoms with Gasteiger partial charge < -0.3 is 10.3 Å². The average molecular weight is 299 g/mol. The van der Waals surface area contributed by atoms with Gasteiger partial charge in [-0.25, -0.2) is 0 Å². The molecule has 5 heteroatoms. The van der Waals surface area contributed by atoms with Crippen LogP contribution in [0, 0.1) is 0 Å². The SMILES string of the molecule is CCCC[C@H](C)NC(=O)c1ccc(-c2ccncc2)[nH]c1=O. The average Bonchev–Trinajstić information content (AvgIpc) is 2.53. The fourth-order valence-corrected chi connectivity index (χ4v) is 2.24. The molecule has 2 aromatic rings. The molecule has 22 heavy (non-hydrogen) atoms. The highest BCUT2D eigenvalue weighted by atomic mass is 16.2. The summed E-state index contributed by atoms with van der Waals surface area (Å²) < 4.78 is 0. The lowest BCUT2D eigenvalue weighted by molar-refractivity contribution is 0.0936. The van der Waals surface area contributed by atoms with Gasteiger partial charge in [-0.2, -0.15) is 0 Å². The van der Waals surface area contributed by atoms with Crippen LogP contribution < -0.4 is 10.9 Å². The van der Waals surface area contributed by atoms with Crippen LogP contribution in [-0.2, 0) is 0 Å². The molecule has 0 fully saturated rings. The molecule has 1 amide bonds. The standard InChI is InChI=1S/C17H21N3O2/c1-3-4-5-12(2)19-16(21)14-6-7-15(20-17(14)22)13-8-10-18-11-9-13/h6-12H,3-5H2,1-2H3,(H,19,21)(H,20,22)/t12-/m0/s1. The van der Waals surface area contributed by atoms with Crippen molar-refractivity contribution in [3.63, 3.8) is 0 Å². The number of pyridine rings is 2. The molecule has 2 aromatic heterocycles. The van der Waals surface area contributed by atoms with E-state index < -0.39 is 0 Å². The fraction of sp³-hybridized carbons (Fsp3) is 0.353. The van der Waals surface area contributed by atoms with Crippen LogP contribution in [0.4, 0.5) is 0 Å². The summed E-state index contributed by atoms with van der Waals surface area (Å²) in [5.41, 5.74) is 1.29. The summed E-state index contributed by atoms with van der Waals surface area (Å²) in [6.07, 6.45) is 6.36. The highest BCUT2D eigenvalue weighted by Gasteiger charge is 2.13. The van der Waals surface area contributed by atoms with E-state index in [1.165, 1.54) is 0 Å². The van der Waals surface area contributed by atoms with Crippen LogP contribution in [0.3, 0.4) is 0 Å². The van der Waals surface area contributed by atoms with Crippen molar-refractivity contribution in [3.8, 4) is 11.3 Å². The molecule has 0 bridgehead atoms. The molecule has 1 atom stereocenters. The Labute approximate surface area is 129 Å². The van der Waals surface area contributed by atoms with E-state index in [0.29, 0.717) is 5.69 Å². The summed E-state index contributed by atoms with van der Waals surface area (Å²) in [4.78, 5) is 30.9. The minimum absolute atomic E-state index is 0.0618. The molecule has 0 radical (unpaired) electrons. The summed E-state index contributed by atoms with van der Waals surface area (Å²) in [6.45, 7) is 4.06. The van der Waals surface area contributed by atoms with Crippen LogP contribution in [0.15, 0.2) is 41.5 Å². The van der Waals surface area contributed by atoms with E-state index in [-0.39, 0.29) is 23.1 Å². The molecule has 0 aliphatic heterocycles. The maximum atomic E-state index is 12.1. The van der Waals surface area contributed by atoms with Crippen molar-refractivity contribution in [1.82, 2.24) is 15.3 Å². The first-order valence-electron chi connectivity index (χ1n) is 7.56. The quantitative estimate of drug-likeness (QED) is 0.861. The molecule has 0 saturated carbocycles. The first kappa shape index (κ1) is 15.9. The summed E-state index contributed by atoms with van der Waals surface area (Å²) in [7, 11) is 0. The number of hydrogen-bond donors (Lipinski definition) is 2. The van der Waals surface area contributed by atoms with Crippen molar-refractivity contribution in [2.75, 3.05) is 0 Å². The predicted octanol–water partition coefficient (Wildman–Crippen LogP) is 2.75. The van der Waals surface area contributed by atoms with Gasteiger partial charge in [-0.3, -0.25) is 14.6 Å². The third-order valence-corrected chi connectivity index (χ3v) is 3.51. The molecule has 0 spiro atoms. The van der Waals surface area contributed by atoms with Gasteiger partial charge in [0.2, 0.25) is 0 Å². The number of hydrogen-bond acceptors (Lipinski definition) is 3. The van der Waals surface area contributed by atoms with Crippen LogP contribution in [0.5, 0.6) is 0 Å². The number of nitrogens with zero attached hydrogens (tertiary/aromatic N) is 1. The van der Waals surface area contributed by atoms with E-state index >= 15 is 0 Å². The molecule has 0 unspecified atom stereocenters. The minimum atomic E-state index is -0.380. The van der Waals surface area contributed by atoms with E-state index in [1.54, 1.807) is 36.7 Å². The van der Waals surface area contributed by atoms with Crippen molar-refractivity contribution in [2.45, 2.75) is 39.2 Å². The van der Waals surface area contributed by atoms with Gasteiger partial charge >= 0.3 is 0 Å². The number of amides is 1. The molecule has 2 rings (SSSR count). The third kappa shape index (κ3) is 4.04. The van der Waals surface area contributed by atoms with E-state index in [2.05, 4.69) is 22.2 Å². The second-order valence-corrected chi connectivity index (χ2v) is 5.37. The topological polar surface area (TPSA) is 74.8 Å². The van der Waals surface area contributed by atoms with Crippen LogP contribution in [-0.4, -0.2) is 21.9 Å². The number of H-pyrrole nitrogens is 1. The smallest absolute Gasteiger partial charge is 0.261 e. The van der Waals surface area contributed by atoms with E-state index in [4.69, 9.17) is 0 Å². The zero-order chi connectivity index (χ0) is 15.9. The number of nitrogens with one attached hydrogen (secondary N) is 2. The normalized spacial score (nSPS) is 11.9. The Bertz CT molecular complexity index is 680. The third-order valence-electron chi connectivity index (χ3n) is 3.51. The molecule has 0 saturated heterocycles. The van der Waals surface area contributed by atoms with Crippen molar-refractivity contribution in [3.05, 3.63) is 52.6 Å². The lowest BCUT2D eigenvalue weighted by Crippen LogP contribution is -2.35. The minimum Gasteiger partial charge on any atom is -0.349 e. The van der Waals surface area contributed by atoms with E-state index in [9.17, 15) is 9.59 Å². The molecule has 0 aliphatic carbocycles. The largest absolute Gasteiger partial charge is 0.349 e. The van der Waals surface area contributed by atoms with Gasteiger partial charge in [0.25, 0.3) is 11.5 Å². The zero-order valence-electron chi connectivity index (χ0n) is 12.9. The Morgan fingerprint density at radius 3 is 2.64 bits per heavy atom. The summed E-state index contributed by atoms with van der Waals surface area (Å²) in [5, 5.41) is 2.86. The maximum Gasteiger partial charge on any atom is 0.261 e. The number of rotatable bonds is 6. The lowest BCUT2D eigenvalue weighted by atomic mass is 10.1. The first-order chi connectivity index (χ1) is 10.6. The fourth-order valence-electron chi connectivity index (χ4n) is 2.24. The van der Waals surface area contributed by atoms with Crippen LogP contribution in [0.1, 0.15) is 43.5 Å². The Morgan fingerprint density at radius 1 is 1.27 bits per heavy atom. The molecule has 0 aliphatic rings. The van der Waals surface area contributed by atoms with E-state index in [1.807, 2.05) is 6.92 Å². The second-order valence-electron chi connectivity index (χ2n) is 5.37. The number of aromatic nitrogens is 2. The van der Waals surface area contributed by atoms with Crippen molar-refractivity contribution < 1.29 is 4.79 Å². The molecule has 116 valence electrons. The Morgan fingerprint density at radius 2 is 2.00 bits per heavy atom. The van der Waals surface area contributed by atoms with E-state index in [0.717, 1.165) is 24.8 Å². The van der Waals surface area contributed by atoms with Gasteiger partial charge in [0.05, 0.1) is 0 Å². The van der Waals surface area contributed by atoms with Gasteiger partial charge in [-0.15, -0.1) is 0 Å². The van der Waals surface area contributed by atoms with Gasteiger partial charge in [0.1, 0.15) is 5.56 Å². The highest BCUT2D eigenvalue weighted by Crippen LogP contribution is 2.13. The molecule has 2 N–H and O–H groups in total. The van der Waals surface area contributed by atoms with Crippen LogP contribution in [0.2, 0.25) is 0 Å². The van der Waals surface area contributed by atoms with Gasteiger partial charge in [-0.05, 0) is 37.6 Å². The summed E-state index contributed by atoms with van der Waals surface area (Å²) in [5.74, 6) is -0.328. The van der Waals surface area contributed by atoms with Crippen molar-refractivity contribution in [1.29, 1.82) is 0 Å². The Kier molecular flexibility index (Phi) is 5.47. The van der Waals surface area contributed by atoms with Gasteiger partial charge in [0, 0.05) is 29.7 Å². The number of carbonyl (C=O) groups excluding carboxylic acids is 1. The predicted molar refractivity (Wildman–Crippen MR) is 86.7 cm³/mol. The maximum absolute atomic E-state index is 12.1.